The lowest BCUT2D eigenvalue weighted by Crippen LogP contribution is -1.95. The molecule has 0 atom stereocenters. The first kappa shape index (κ1) is 8.19. The smallest absolute Gasteiger partial charge is 0.242 e. The minimum Gasteiger partial charge on any atom is -0.470 e. The molecular formula is C9H7N2OS. The molecule has 1 radical (unpaired) electrons. The van der Waals surface area contributed by atoms with E-state index in [1.807, 2.05) is 17.5 Å². The van der Waals surface area contributed by atoms with Crippen molar-refractivity contribution in [2.24, 2.45) is 0 Å². The van der Waals surface area contributed by atoms with Gasteiger partial charge in [-0.15, -0.1) is 11.3 Å². The quantitative estimate of drug-likeness (QED) is 0.743. The van der Waals surface area contributed by atoms with Crippen molar-refractivity contribution in [3.63, 3.8) is 0 Å². The Hall–Kier alpha value is -1.42. The van der Waals surface area contributed by atoms with E-state index in [9.17, 15) is 0 Å². The number of rotatable bonds is 3. The monoisotopic (exact) mass is 191 g/mol. The normalized spacial score (nSPS) is 9.85. The van der Waals surface area contributed by atoms with Crippen LogP contribution in [-0.4, -0.2) is 9.97 Å². The molecule has 2 rings (SSSR count). The fourth-order valence-electron chi connectivity index (χ4n) is 0.859. The van der Waals surface area contributed by atoms with Crippen molar-refractivity contribution >= 4 is 11.3 Å². The molecule has 4 heteroatoms. The van der Waals surface area contributed by atoms with Crippen LogP contribution >= 0.6 is 11.3 Å². The van der Waals surface area contributed by atoms with Crippen molar-refractivity contribution in [3.8, 4) is 5.88 Å². The maximum Gasteiger partial charge on any atom is 0.242 e. The highest BCUT2D eigenvalue weighted by Gasteiger charge is 1.96. The van der Waals surface area contributed by atoms with Gasteiger partial charge in [0.15, 0.2) is 6.20 Å². The molecule has 2 heterocycles. The topological polar surface area (TPSA) is 35.0 Å². The molecule has 0 aromatic carbocycles. The van der Waals surface area contributed by atoms with Crippen LogP contribution in [0.15, 0.2) is 29.9 Å². The van der Waals surface area contributed by atoms with Gasteiger partial charge in [-0.25, -0.2) is 9.97 Å². The predicted molar refractivity (Wildman–Crippen MR) is 49.5 cm³/mol. The molecule has 3 nitrogen and oxygen atoms in total. The fourth-order valence-corrected chi connectivity index (χ4v) is 1.48. The second-order valence-corrected chi connectivity index (χ2v) is 3.37. The molecule has 0 aliphatic rings. The van der Waals surface area contributed by atoms with Gasteiger partial charge >= 0.3 is 0 Å². The molecular weight excluding hydrogens is 184 g/mol. The number of hydrogen-bond acceptors (Lipinski definition) is 4. The number of hydrogen-bond donors (Lipinski definition) is 0. The van der Waals surface area contributed by atoms with Crippen LogP contribution in [0.1, 0.15) is 4.88 Å². The largest absolute Gasteiger partial charge is 0.470 e. The summed E-state index contributed by atoms with van der Waals surface area (Å²) in [4.78, 5) is 8.88. The summed E-state index contributed by atoms with van der Waals surface area (Å²) in [6, 6.07) is 4.00. The number of thiophene rings is 1. The Morgan fingerprint density at radius 2 is 2.46 bits per heavy atom. The summed E-state index contributed by atoms with van der Waals surface area (Å²) in [5.74, 6) is 0.441. The van der Waals surface area contributed by atoms with E-state index in [1.54, 1.807) is 23.7 Å². The van der Waals surface area contributed by atoms with Crippen molar-refractivity contribution in [2.75, 3.05) is 0 Å². The summed E-state index contributed by atoms with van der Waals surface area (Å²) in [6.45, 7) is 0.535. The highest BCUT2D eigenvalue weighted by atomic mass is 32.1. The lowest BCUT2D eigenvalue weighted by Gasteiger charge is -2.00. The van der Waals surface area contributed by atoms with Gasteiger partial charge in [0.05, 0.1) is 0 Å². The van der Waals surface area contributed by atoms with Crippen LogP contribution in [0, 0.1) is 6.20 Å². The third-order valence-electron chi connectivity index (χ3n) is 1.42. The summed E-state index contributed by atoms with van der Waals surface area (Å²) < 4.78 is 5.33. The highest BCUT2D eigenvalue weighted by Crippen LogP contribution is 2.11. The molecule has 65 valence electrons. The Kier molecular flexibility index (Phi) is 2.52. The van der Waals surface area contributed by atoms with Gasteiger partial charge < -0.3 is 4.74 Å². The van der Waals surface area contributed by atoms with Crippen molar-refractivity contribution < 1.29 is 4.74 Å². The number of aromatic nitrogens is 2. The average Bonchev–Trinajstić information content (AvgIpc) is 2.69. The Labute approximate surface area is 80.0 Å². The number of ether oxygens (including phenoxy) is 1. The standard InChI is InChI=1S/C9H7N2OS/c1-2-8(13-5-1)7-12-9-6-10-3-4-11-9/h1-5H,7H2. The SMILES string of the molecule is [c]1nccnc1OCc1cccs1. The van der Waals surface area contributed by atoms with E-state index >= 15 is 0 Å². The van der Waals surface area contributed by atoms with Gasteiger partial charge in [0, 0.05) is 17.3 Å². The van der Waals surface area contributed by atoms with Crippen LogP contribution in [0.5, 0.6) is 5.88 Å². The molecule has 0 aliphatic heterocycles. The van der Waals surface area contributed by atoms with Gasteiger partial charge in [0.25, 0.3) is 0 Å². The van der Waals surface area contributed by atoms with E-state index in [0.717, 1.165) is 0 Å². The van der Waals surface area contributed by atoms with Gasteiger partial charge in [-0.1, -0.05) is 6.07 Å². The molecule has 0 N–H and O–H groups in total. The summed E-state index contributed by atoms with van der Waals surface area (Å²) in [5, 5.41) is 2.01. The molecule has 0 amide bonds. The third-order valence-corrected chi connectivity index (χ3v) is 2.27. The summed E-state index contributed by atoms with van der Waals surface area (Å²) in [5.41, 5.74) is 0. The summed E-state index contributed by atoms with van der Waals surface area (Å²) >= 11 is 1.66. The molecule has 0 unspecified atom stereocenters. The highest BCUT2D eigenvalue weighted by molar-refractivity contribution is 7.09. The van der Waals surface area contributed by atoms with Crippen LogP contribution in [-0.2, 0) is 6.61 Å². The van der Waals surface area contributed by atoms with E-state index in [4.69, 9.17) is 4.74 Å². The van der Waals surface area contributed by atoms with Crippen LogP contribution in [0.4, 0.5) is 0 Å². The molecule has 2 aromatic rings. The van der Waals surface area contributed by atoms with Crippen molar-refractivity contribution in [3.05, 3.63) is 41.0 Å². The first-order valence-electron chi connectivity index (χ1n) is 3.79. The van der Waals surface area contributed by atoms with Crippen LogP contribution in [0.3, 0.4) is 0 Å². The average molecular weight is 191 g/mol. The first-order valence-corrected chi connectivity index (χ1v) is 4.67. The van der Waals surface area contributed by atoms with Gasteiger partial charge in [-0.2, -0.15) is 0 Å². The van der Waals surface area contributed by atoms with Crippen LogP contribution < -0.4 is 4.74 Å². The molecule has 0 spiro atoms. The van der Waals surface area contributed by atoms with E-state index < -0.39 is 0 Å². The molecule has 0 aliphatic carbocycles. The van der Waals surface area contributed by atoms with E-state index in [0.29, 0.717) is 12.5 Å². The minimum atomic E-state index is 0.441. The van der Waals surface area contributed by atoms with Gasteiger partial charge in [0.2, 0.25) is 5.88 Å². The van der Waals surface area contributed by atoms with Gasteiger partial charge in [-0.3, -0.25) is 0 Å². The minimum absolute atomic E-state index is 0.441. The molecule has 0 saturated carbocycles. The van der Waals surface area contributed by atoms with E-state index in [-0.39, 0.29) is 0 Å². The van der Waals surface area contributed by atoms with Crippen molar-refractivity contribution in [1.29, 1.82) is 0 Å². The van der Waals surface area contributed by atoms with Crippen molar-refractivity contribution in [2.45, 2.75) is 6.61 Å². The van der Waals surface area contributed by atoms with E-state index in [1.165, 1.54) is 4.88 Å². The zero-order valence-corrected chi connectivity index (χ0v) is 7.62. The third kappa shape index (κ3) is 2.26. The lowest BCUT2D eigenvalue weighted by atomic mass is 10.5. The van der Waals surface area contributed by atoms with Gasteiger partial charge in [0.1, 0.15) is 6.61 Å². The molecule has 0 fully saturated rings. The van der Waals surface area contributed by atoms with Crippen LogP contribution in [0.25, 0.3) is 0 Å². The van der Waals surface area contributed by atoms with Crippen LogP contribution in [0.2, 0.25) is 0 Å². The Morgan fingerprint density at radius 3 is 3.15 bits per heavy atom. The molecule has 2 aromatic heterocycles. The second kappa shape index (κ2) is 4.00. The zero-order valence-electron chi connectivity index (χ0n) is 6.80. The summed E-state index contributed by atoms with van der Waals surface area (Å²) in [7, 11) is 0. The zero-order chi connectivity index (χ0) is 8.93. The fraction of sp³-hybridized carbons (Fsp3) is 0.111. The Morgan fingerprint density at radius 1 is 1.46 bits per heavy atom. The molecule has 13 heavy (non-hydrogen) atoms. The predicted octanol–water partition coefficient (Wildman–Crippen LogP) is 1.92. The van der Waals surface area contributed by atoms with Gasteiger partial charge in [-0.05, 0) is 11.4 Å². The maximum atomic E-state index is 5.33. The van der Waals surface area contributed by atoms with E-state index in [2.05, 4.69) is 16.2 Å². The second-order valence-electron chi connectivity index (χ2n) is 2.34. The van der Waals surface area contributed by atoms with Crippen molar-refractivity contribution in [1.82, 2.24) is 9.97 Å². The molecule has 0 bridgehead atoms. The first-order chi connectivity index (χ1) is 6.45. The Balaban J connectivity index is 1.94. The lowest BCUT2D eigenvalue weighted by molar-refractivity contribution is 0.295. The Bertz CT molecular complexity index is 347. The maximum absolute atomic E-state index is 5.33. The molecule has 0 saturated heterocycles. The number of nitrogens with zero attached hydrogens (tertiary/aromatic N) is 2. The summed E-state index contributed by atoms with van der Waals surface area (Å²) in [6.07, 6.45) is 5.80.